The molecule has 2 aromatic carbocycles. The Kier molecular flexibility index (Phi) is 5.22. The Hall–Kier alpha value is -3.68. The number of halogens is 1. The van der Waals surface area contributed by atoms with Gasteiger partial charge >= 0.3 is 0 Å². The summed E-state index contributed by atoms with van der Waals surface area (Å²) in [6.45, 7) is 4.25. The zero-order valence-electron chi connectivity index (χ0n) is 17.2. The lowest BCUT2D eigenvalue weighted by molar-refractivity contribution is 0.355. The molecule has 0 amide bonds. The van der Waals surface area contributed by atoms with Crippen LogP contribution in [0.5, 0.6) is 11.5 Å². The van der Waals surface area contributed by atoms with Gasteiger partial charge < -0.3 is 14.8 Å². The molecule has 0 aliphatic heterocycles. The maximum Gasteiger partial charge on any atom is 0.227 e. The molecule has 0 aliphatic carbocycles. The minimum atomic E-state index is -0.263. The topological polar surface area (TPSA) is 73.6 Å². The largest absolute Gasteiger partial charge is 0.493 e. The molecule has 2 heterocycles. The highest BCUT2D eigenvalue weighted by Crippen LogP contribution is 2.35. The summed E-state index contributed by atoms with van der Waals surface area (Å²) < 4.78 is 25.6. The summed E-state index contributed by atoms with van der Waals surface area (Å²) in [7, 11) is 3.21. The molecule has 7 nitrogen and oxygen atoms in total. The molecule has 0 atom stereocenters. The first-order chi connectivity index (χ1) is 14.5. The van der Waals surface area contributed by atoms with Gasteiger partial charge in [0.1, 0.15) is 11.6 Å². The fourth-order valence-corrected chi connectivity index (χ4v) is 3.37. The van der Waals surface area contributed by atoms with Crippen molar-refractivity contribution in [3.05, 3.63) is 65.4 Å². The van der Waals surface area contributed by atoms with E-state index in [1.54, 1.807) is 30.9 Å². The lowest BCUT2D eigenvalue weighted by Gasteiger charge is -2.10. The van der Waals surface area contributed by atoms with E-state index in [1.807, 2.05) is 32.0 Å². The first kappa shape index (κ1) is 19.6. The van der Waals surface area contributed by atoms with E-state index < -0.39 is 0 Å². The van der Waals surface area contributed by atoms with Gasteiger partial charge in [0, 0.05) is 12.1 Å². The number of nitrogens with one attached hydrogen (secondary N) is 1. The summed E-state index contributed by atoms with van der Waals surface area (Å²) in [5.41, 5.74) is 4.25. The van der Waals surface area contributed by atoms with E-state index in [-0.39, 0.29) is 5.82 Å². The lowest BCUT2D eigenvalue weighted by Crippen LogP contribution is -2.10. The summed E-state index contributed by atoms with van der Waals surface area (Å²) in [6.07, 6.45) is 0. The molecule has 0 spiro atoms. The molecule has 0 radical (unpaired) electrons. The van der Waals surface area contributed by atoms with Crippen LogP contribution in [-0.2, 0) is 6.54 Å². The second kappa shape index (κ2) is 7.98. The highest BCUT2D eigenvalue weighted by Gasteiger charge is 2.18. The van der Waals surface area contributed by atoms with Crippen molar-refractivity contribution in [1.29, 1.82) is 0 Å². The normalized spacial score (nSPS) is 11.0. The summed E-state index contributed by atoms with van der Waals surface area (Å²) in [5, 5.41) is 7.93. The van der Waals surface area contributed by atoms with Gasteiger partial charge in [-0.1, -0.05) is 18.2 Å². The van der Waals surface area contributed by atoms with Crippen molar-refractivity contribution in [3.8, 4) is 22.6 Å². The Morgan fingerprint density at radius 1 is 0.967 bits per heavy atom. The molecule has 4 aromatic rings. The van der Waals surface area contributed by atoms with Gasteiger partial charge in [0.05, 0.1) is 19.9 Å². The van der Waals surface area contributed by atoms with Gasteiger partial charge in [0.15, 0.2) is 17.1 Å². The molecule has 30 heavy (non-hydrogen) atoms. The van der Waals surface area contributed by atoms with Gasteiger partial charge in [-0.25, -0.2) is 9.37 Å². The number of nitrogens with zero attached hydrogens (tertiary/aromatic N) is 4. The Morgan fingerprint density at radius 2 is 1.70 bits per heavy atom. The number of aryl methyl sites for hydroxylation is 2. The van der Waals surface area contributed by atoms with Crippen molar-refractivity contribution in [2.45, 2.75) is 20.4 Å². The zero-order chi connectivity index (χ0) is 21.3. The molecule has 0 saturated heterocycles. The van der Waals surface area contributed by atoms with E-state index in [9.17, 15) is 4.39 Å². The first-order valence-corrected chi connectivity index (χ1v) is 9.45. The number of ether oxygens (including phenoxy) is 2. The van der Waals surface area contributed by atoms with Gasteiger partial charge in [-0.05, 0) is 49.2 Å². The van der Waals surface area contributed by atoms with Crippen LogP contribution >= 0.6 is 0 Å². The zero-order valence-corrected chi connectivity index (χ0v) is 17.2. The molecule has 0 fully saturated rings. The number of rotatable bonds is 6. The summed E-state index contributed by atoms with van der Waals surface area (Å²) in [4.78, 5) is 9.13. The molecule has 2 aromatic heterocycles. The van der Waals surface area contributed by atoms with Crippen LogP contribution in [0.2, 0.25) is 0 Å². The van der Waals surface area contributed by atoms with Crippen LogP contribution in [-0.4, -0.2) is 33.8 Å². The quantitative estimate of drug-likeness (QED) is 0.517. The van der Waals surface area contributed by atoms with Crippen LogP contribution in [0.3, 0.4) is 0 Å². The second-order valence-corrected chi connectivity index (χ2v) is 6.84. The van der Waals surface area contributed by atoms with Crippen molar-refractivity contribution < 1.29 is 13.9 Å². The Balaban J connectivity index is 1.76. The van der Waals surface area contributed by atoms with Gasteiger partial charge in [0.2, 0.25) is 5.95 Å². The van der Waals surface area contributed by atoms with E-state index in [0.717, 1.165) is 22.4 Å². The van der Waals surface area contributed by atoms with Crippen molar-refractivity contribution in [1.82, 2.24) is 19.6 Å². The fraction of sp³-hybridized carbons (Fsp3) is 0.227. The van der Waals surface area contributed by atoms with Crippen molar-refractivity contribution in [2.24, 2.45) is 0 Å². The van der Waals surface area contributed by atoms with Gasteiger partial charge in [-0.15, -0.1) is 0 Å². The fourth-order valence-electron chi connectivity index (χ4n) is 3.37. The molecule has 0 aliphatic rings. The Labute approximate surface area is 173 Å². The molecule has 0 saturated carbocycles. The number of anilines is 1. The van der Waals surface area contributed by atoms with Crippen molar-refractivity contribution >= 4 is 11.6 Å². The summed E-state index contributed by atoms with van der Waals surface area (Å²) in [5.74, 6) is 2.21. The lowest BCUT2D eigenvalue weighted by atomic mass is 10.1. The van der Waals surface area contributed by atoms with Crippen LogP contribution in [0.15, 0.2) is 42.5 Å². The number of hydrogen-bond donors (Lipinski definition) is 1. The average Bonchev–Trinajstić information content (AvgIpc) is 3.08. The van der Waals surface area contributed by atoms with Crippen LogP contribution in [0.4, 0.5) is 10.3 Å². The molecule has 0 unspecified atom stereocenters. The summed E-state index contributed by atoms with van der Waals surface area (Å²) >= 11 is 0. The number of benzene rings is 2. The average molecular weight is 407 g/mol. The molecule has 4 rings (SSSR count). The molecule has 0 bridgehead atoms. The molecule has 8 heteroatoms. The highest BCUT2D eigenvalue weighted by atomic mass is 19.1. The third-order valence-corrected chi connectivity index (χ3v) is 4.81. The van der Waals surface area contributed by atoms with Crippen LogP contribution in [0.1, 0.15) is 17.1 Å². The van der Waals surface area contributed by atoms with E-state index in [2.05, 4.69) is 20.4 Å². The Morgan fingerprint density at radius 3 is 2.40 bits per heavy atom. The second-order valence-electron chi connectivity index (χ2n) is 6.84. The van der Waals surface area contributed by atoms with E-state index in [0.29, 0.717) is 35.5 Å². The maximum absolute atomic E-state index is 13.1. The number of aromatic nitrogens is 4. The van der Waals surface area contributed by atoms with Gasteiger partial charge in [0.25, 0.3) is 0 Å². The third-order valence-electron chi connectivity index (χ3n) is 4.81. The molecule has 1 N–H and O–H groups in total. The van der Waals surface area contributed by atoms with Crippen molar-refractivity contribution in [2.75, 3.05) is 19.5 Å². The molecular formula is C22H22FN5O2. The van der Waals surface area contributed by atoms with Crippen LogP contribution in [0.25, 0.3) is 16.8 Å². The van der Waals surface area contributed by atoms with Crippen LogP contribution in [0, 0.1) is 19.7 Å². The minimum absolute atomic E-state index is 0.263. The smallest absolute Gasteiger partial charge is 0.227 e. The molecule has 154 valence electrons. The van der Waals surface area contributed by atoms with Crippen LogP contribution < -0.4 is 14.8 Å². The minimum Gasteiger partial charge on any atom is -0.493 e. The SMILES string of the molecule is COc1ccc(-c2c(C)nn3c(NCc4ccc(F)cc4)nc(C)nc23)cc1OC. The summed E-state index contributed by atoms with van der Waals surface area (Å²) in [6, 6.07) is 12.1. The Bertz CT molecular complexity index is 1200. The standard InChI is InChI=1S/C22H22FN5O2/c1-13-20(16-7-10-18(29-3)19(11-16)30-4)21-25-14(2)26-22(28(21)27-13)24-12-15-5-8-17(23)9-6-15/h5-11H,12H2,1-4H3,(H,24,25,26). The van der Waals surface area contributed by atoms with E-state index in [4.69, 9.17) is 9.47 Å². The number of hydrogen-bond acceptors (Lipinski definition) is 6. The molecular weight excluding hydrogens is 385 g/mol. The maximum atomic E-state index is 13.1. The highest BCUT2D eigenvalue weighted by molar-refractivity contribution is 5.81. The first-order valence-electron chi connectivity index (χ1n) is 9.45. The van der Waals surface area contributed by atoms with E-state index >= 15 is 0 Å². The number of methoxy groups -OCH3 is 2. The third kappa shape index (κ3) is 3.63. The monoisotopic (exact) mass is 407 g/mol. The van der Waals surface area contributed by atoms with Gasteiger partial charge in [-0.2, -0.15) is 14.6 Å². The van der Waals surface area contributed by atoms with Gasteiger partial charge in [-0.3, -0.25) is 0 Å². The predicted octanol–water partition coefficient (Wildman–Crippen LogP) is 4.18. The number of fused-ring (bicyclic) bond motifs is 1. The van der Waals surface area contributed by atoms with Crippen molar-refractivity contribution in [3.63, 3.8) is 0 Å². The predicted molar refractivity (Wildman–Crippen MR) is 113 cm³/mol. The van der Waals surface area contributed by atoms with E-state index in [1.165, 1.54) is 12.1 Å².